The van der Waals surface area contributed by atoms with Gasteiger partial charge in [0.15, 0.2) is 5.82 Å². The van der Waals surface area contributed by atoms with Gasteiger partial charge in [-0.2, -0.15) is 0 Å². The van der Waals surface area contributed by atoms with Gasteiger partial charge >= 0.3 is 0 Å². The third-order valence-electron chi connectivity index (χ3n) is 2.45. The summed E-state index contributed by atoms with van der Waals surface area (Å²) >= 11 is 0. The highest BCUT2D eigenvalue weighted by Gasteiger charge is 2.21. The number of nitrogens with zero attached hydrogens (tertiary/aromatic N) is 2. The van der Waals surface area contributed by atoms with Crippen molar-refractivity contribution in [2.75, 3.05) is 23.3 Å². The van der Waals surface area contributed by atoms with Crippen LogP contribution in [0, 0.1) is 0 Å². The first kappa shape index (κ1) is 9.92. The van der Waals surface area contributed by atoms with Crippen LogP contribution in [0.5, 0.6) is 0 Å². The van der Waals surface area contributed by atoms with Gasteiger partial charge < -0.3 is 16.0 Å². The van der Waals surface area contributed by atoms with Gasteiger partial charge in [0, 0.05) is 19.3 Å². The molecular weight excluding hydrogens is 192 g/mol. The number of likely N-dealkylation sites (N-methyl/N-ethyl adjacent to an activating group) is 1. The number of hydrogen-bond acceptors (Lipinski definition) is 4. The summed E-state index contributed by atoms with van der Waals surface area (Å²) in [5.41, 5.74) is 7.20. The minimum absolute atomic E-state index is 0.000298. The molecule has 1 aromatic heterocycles. The summed E-state index contributed by atoms with van der Waals surface area (Å²) in [5, 5.41) is 2.80. The Morgan fingerprint density at radius 3 is 3.13 bits per heavy atom. The SMILES string of the molecule is CCN1CC(=O)Nc2cc(CN)cnc21. The monoisotopic (exact) mass is 206 g/mol. The summed E-state index contributed by atoms with van der Waals surface area (Å²) in [7, 11) is 0. The van der Waals surface area contributed by atoms with E-state index < -0.39 is 0 Å². The van der Waals surface area contributed by atoms with Crippen LogP contribution in [0.15, 0.2) is 12.3 Å². The normalized spacial score (nSPS) is 14.8. The van der Waals surface area contributed by atoms with Crippen LogP contribution in [0.3, 0.4) is 0 Å². The van der Waals surface area contributed by atoms with Crippen LogP contribution >= 0.6 is 0 Å². The second kappa shape index (κ2) is 3.86. The molecule has 1 amide bonds. The summed E-state index contributed by atoms with van der Waals surface area (Å²) in [6, 6.07) is 1.88. The molecule has 0 spiro atoms. The van der Waals surface area contributed by atoms with Gasteiger partial charge in [-0.05, 0) is 18.6 Å². The molecule has 2 heterocycles. The highest BCUT2D eigenvalue weighted by atomic mass is 16.2. The first-order chi connectivity index (χ1) is 7.24. The molecule has 0 unspecified atom stereocenters. The maximum Gasteiger partial charge on any atom is 0.244 e. The summed E-state index contributed by atoms with van der Waals surface area (Å²) in [5.74, 6) is 0.828. The average Bonchev–Trinajstić information content (AvgIpc) is 2.26. The van der Waals surface area contributed by atoms with Gasteiger partial charge in [0.1, 0.15) is 0 Å². The number of carbonyl (C=O) groups excluding carboxylic acids is 1. The Labute approximate surface area is 88.3 Å². The fourth-order valence-corrected chi connectivity index (χ4v) is 1.66. The predicted octanol–water partition coefficient (Wildman–Crippen LogP) is 0.319. The van der Waals surface area contributed by atoms with Crippen molar-refractivity contribution in [2.24, 2.45) is 5.73 Å². The van der Waals surface area contributed by atoms with Gasteiger partial charge in [0.05, 0.1) is 12.2 Å². The third kappa shape index (κ3) is 1.78. The summed E-state index contributed by atoms with van der Waals surface area (Å²) in [4.78, 5) is 17.6. The van der Waals surface area contributed by atoms with Crippen LogP contribution in [0.1, 0.15) is 12.5 Å². The van der Waals surface area contributed by atoms with E-state index >= 15 is 0 Å². The van der Waals surface area contributed by atoms with E-state index in [1.165, 1.54) is 0 Å². The number of aromatic nitrogens is 1. The van der Waals surface area contributed by atoms with E-state index in [1.54, 1.807) is 6.20 Å². The van der Waals surface area contributed by atoms with Crippen LogP contribution in [-0.2, 0) is 11.3 Å². The average molecular weight is 206 g/mol. The first-order valence-corrected chi connectivity index (χ1v) is 4.98. The van der Waals surface area contributed by atoms with E-state index in [9.17, 15) is 4.79 Å². The number of nitrogens with one attached hydrogen (secondary N) is 1. The molecule has 0 radical (unpaired) electrons. The Bertz CT molecular complexity index is 391. The zero-order valence-corrected chi connectivity index (χ0v) is 8.66. The lowest BCUT2D eigenvalue weighted by Gasteiger charge is -2.28. The second-order valence-corrected chi connectivity index (χ2v) is 3.48. The van der Waals surface area contributed by atoms with Gasteiger partial charge in [-0.1, -0.05) is 0 Å². The molecule has 15 heavy (non-hydrogen) atoms. The molecule has 1 aliphatic heterocycles. The summed E-state index contributed by atoms with van der Waals surface area (Å²) in [6.07, 6.45) is 1.75. The van der Waals surface area contributed by atoms with Crippen molar-refractivity contribution in [3.05, 3.63) is 17.8 Å². The lowest BCUT2D eigenvalue weighted by atomic mass is 10.2. The molecule has 0 saturated carbocycles. The van der Waals surface area contributed by atoms with E-state index in [0.29, 0.717) is 13.1 Å². The molecule has 0 atom stereocenters. The standard InChI is InChI=1S/C10H14N4O/c1-2-14-6-9(15)13-8-3-7(4-11)5-12-10(8)14/h3,5H,2,4,6,11H2,1H3,(H,13,15). The minimum atomic E-state index is 0.000298. The fourth-order valence-electron chi connectivity index (χ4n) is 1.66. The number of carbonyl (C=O) groups is 1. The largest absolute Gasteiger partial charge is 0.346 e. The quantitative estimate of drug-likeness (QED) is 0.731. The Kier molecular flexibility index (Phi) is 2.55. The molecule has 1 aromatic rings. The molecular formula is C10H14N4O. The maximum absolute atomic E-state index is 11.4. The smallest absolute Gasteiger partial charge is 0.244 e. The fraction of sp³-hybridized carbons (Fsp3) is 0.400. The number of hydrogen-bond donors (Lipinski definition) is 2. The lowest BCUT2D eigenvalue weighted by Crippen LogP contribution is -2.38. The maximum atomic E-state index is 11.4. The number of pyridine rings is 1. The second-order valence-electron chi connectivity index (χ2n) is 3.48. The van der Waals surface area contributed by atoms with Crippen molar-refractivity contribution in [1.29, 1.82) is 0 Å². The van der Waals surface area contributed by atoms with Crippen molar-refractivity contribution < 1.29 is 4.79 Å². The molecule has 1 aliphatic rings. The first-order valence-electron chi connectivity index (χ1n) is 4.98. The number of fused-ring (bicyclic) bond motifs is 1. The van der Waals surface area contributed by atoms with Crippen LogP contribution in [0.25, 0.3) is 0 Å². The third-order valence-corrected chi connectivity index (χ3v) is 2.45. The van der Waals surface area contributed by atoms with E-state index in [1.807, 2.05) is 17.9 Å². The summed E-state index contributed by atoms with van der Waals surface area (Å²) in [6.45, 7) is 3.58. The number of amides is 1. The zero-order valence-electron chi connectivity index (χ0n) is 8.66. The van der Waals surface area contributed by atoms with Crippen molar-refractivity contribution in [3.63, 3.8) is 0 Å². The van der Waals surface area contributed by atoms with Crippen LogP contribution in [0.2, 0.25) is 0 Å². The van der Waals surface area contributed by atoms with Gasteiger partial charge in [0.2, 0.25) is 5.91 Å². The van der Waals surface area contributed by atoms with Crippen LogP contribution < -0.4 is 16.0 Å². The van der Waals surface area contributed by atoms with Gasteiger partial charge in [-0.25, -0.2) is 4.98 Å². The molecule has 0 aromatic carbocycles. The van der Waals surface area contributed by atoms with E-state index in [2.05, 4.69) is 10.3 Å². The van der Waals surface area contributed by atoms with Crippen molar-refractivity contribution in [2.45, 2.75) is 13.5 Å². The number of rotatable bonds is 2. The van der Waals surface area contributed by atoms with Crippen molar-refractivity contribution in [1.82, 2.24) is 4.98 Å². The Morgan fingerprint density at radius 2 is 2.47 bits per heavy atom. The molecule has 3 N–H and O–H groups in total. The molecule has 0 saturated heterocycles. The zero-order chi connectivity index (χ0) is 10.8. The molecule has 5 heteroatoms. The van der Waals surface area contributed by atoms with Gasteiger partial charge in [-0.3, -0.25) is 4.79 Å². The minimum Gasteiger partial charge on any atom is -0.346 e. The number of nitrogens with two attached hydrogens (primary N) is 1. The van der Waals surface area contributed by atoms with E-state index in [-0.39, 0.29) is 5.91 Å². The molecule has 2 rings (SSSR count). The summed E-state index contributed by atoms with van der Waals surface area (Å²) < 4.78 is 0. The van der Waals surface area contributed by atoms with Crippen molar-refractivity contribution >= 4 is 17.4 Å². The van der Waals surface area contributed by atoms with Crippen LogP contribution in [-0.4, -0.2) is 24.0 Å². The van der Waals surface area contributed by atoms with Crippen LogP contribution in [0.4, 0.5) is 11.5 Å². The Hall–Kier alpha value is -1.62. The lowest BCUT2D eigenvalue weighted by molar-refractivity contribution is -0.115. The molecule has 0 fully saturated rings. The van der Waals surface area contributed by atoms with E-state index in [0.717, 1.165) is 23.6 Å². The highest BCUT2D eigenvalue weighted by Crippen LogP contribution is 2.27. The predicted molar refractivity (Wildman–Crippen MR) is 58.6 cm³/mol. The van der Waals surface area contributed by atoms with Gasteiger partial charge in [0.25, 0.3) is 0 Å². The Balaban J connectivity index is 2.41. The topological polar surface area (TPSA) is 71.2 Å². The van der Waals surface area contributed by atoms with E-state index in [4.69, 9.17) is 5.73 Å². The van der Waals surface area contributed by atoms with Crippen molar-refractivity contribution in [3.8, 4) is 0 Å². The molecule has 5 nitrogen and oxygen atoms in total. The highest BCUT2D eigenvalue weighted by molar-refractivity contribution is 6.00. The molecule has 0 bridgehead atoms. The molecule has 0 aliphatic carbocycles. The van der Waals surface area contributed by atoms with Gasteiger partial charge in [-0.15, -0.1) is 0 Å². The number of anilines is 2. The molecule has 80 valence electrons. The Morgan fingerprint density at radius 1 is 1.67 bits per heavy atom.